The Labute approximate surface area is 165 Å². The van der Waals surface area contributed by atoms with Gasteiger partial charge in [0.15, 0.2) is 29.5 Å². The van der Waals surface area contributed by atoms with E-state index in [-0.39, 0.29) is 23.7 Å². The quantitative estimate of drug-likeness (QED) is 0.407. The zero-order valence-electron chi connectivity index (χ0n) is 16.6. The highest BCUT2D eigenvalue weighted by atomic mass is 32.2. The van der Waals surface area contributed by atoms with E-state index in [0.717, 1.165) is 0 Å². The maximum absolute atomic E-state index is 12.5. The number of rotatable bonds is 13. The molecule has 0 aliphatic heterocycles. The van der Waals surface area contributed by atoms with Crippen molar-refractivity contribution in [1.82, 2.24) is 0 Å². The summed E-state index contributed by atoms with van der Waals surface area (Å²) in [4.78, 5) is 0. The highest BCUT2D eigenvalue weighted by Crippen LogP contribution is 2.30. The normalized spacial score (nSPS) is 16.4. The fourth-order valence-corrected chi connectivity index (χ4v) is 8.96. The molecular formula is C18H32O6S3. The average Bonchev–Trinajstić information content (AvgIpc) is 2.55. The van der Waals surface area contributed by atoms with Crippen LogP contribution in [0.15, 0.2) is 36.5 Å². The van der Waals surface area contributed by atoms with E-state index in [1.165, 1.54) is 18.2 Å². The van der Waals surface area contributed by atoms with Gasteiger partial charge in [0, 0.05) is 5.41 Å². The molecule has 0 aromatic carbocycles. The van der Waals surface area contributed by atoms with Crippen LogP contribution in [-0.4, -0.2) is 59.8 Å². The summed E-state index contributed by atoms with van der Waals surface area (Å²) >= 11 is 0. The van der Waals surface area contributed by atoms with Gasteiger partial charge in [-0.25, -0.2) is 25.3 Å². The summed E-state index contributed by atoms with van der Waals surface area (Å²) in [7, 11) is -11.0. The molecule has 0 saturated carbocycles. The molecule has 0 bridgehead atoms. The third kappa shape index (κ3) is 10.8. The van der Waals surface area contributed by atoms with Gasteiger partial charge >= 0.3 is 0 Å². The van der Waals surface area contributed by atoms with Crippen molar-refractivity contribution in [1.29, 1.82) is 0 Å². The van der Waals surface area contributed by atoms with Crippen molar-refractivity contribution in [3.63, 3.8) is 0 Å². The Balaban J connectivity index is 6.02. The van der Waals surface area contributed by atoms with E-state index in [9.17, 15) is 25.3 Å². The Kier molecular flexibility index (Phi) is 10.8. The molecule has 0 spiro atoms. The Morgan fingerprint density at radius 1 is 0.593 bits per heavy atom. The van der Waals surface area contributed by atoms with Crippen LogP contribution in [0.3, 0.4) is 0 Å². The summed E-state index contributed by atoms with van der Waals surface area (Å²) in [6.07, 6.45) is 9.33. The van der Waals surface area contributed by atoms with Crippen molar-refractivity contribution < 1.29 is 25.3 Å². The Morgan fingerprint density at radius 2 is 0.852 bits per heavy atom. The van der Waals surface area contributed by atoms with E-state index in [1.807, 2.05) is 0 Å². The molecule has 0 aromatic rings. The van der Waals surface area contributed by atoms with Crippen LogP contribution in [0.2, 0.25) is 0 Å². The van der Waals surface area contributed by atoms with Crippen LogP contribution in [0.1, 0.15) is 34.1 Å². The Morgan fingerprint density at radius 3 is 1.04 bits per heavy atom. The Hall–Kier alpha value is -0.930. The van der Waals surface area contributed by atoms with Crippen molar-refractivity contribution in [2.24, 2.45) is 5.41 Å². The fourth-order valence-electron chi connectivity index (χ4n) is 2.74. The van der Waals surface area contributed by atoms with Gasteiger partial charge in [0.25, 0.3) is 0 Å². The van der Waals surface area contributed by atoms with Crippen LogP contribution in [0, 0.1) is 5.41 Å². The first-order valence-corrected chi connectivity index (χ1v) is 14.3. The molecule has 0 amide bonds. The lowest BCUT2D eigenvalue weighted by atomic mass is 9.92. The largest absolute Gasteiger partial charge is 0.228 e. The van der Waals surface area contributed by atoms with Crippen molar-refractivity contribution in [3.8, 4) is 0 Å². The SMILES string of the molecule is CC=CCS(=O)(=O)CC(CC)(CS(=O)(=O)CC=CC)CS(=O)(=O)CC=CC. The second kappa shape index (κ2) is 11.2. The Bertz CT molecular complexity index is 733. The molecule has 9 heteroatoms. The molecule has 0 rings (SSSR count). The molecule has 0 saturated heterocycles. The molecule has 27 heavy (non-hydrogen) atoms. The molecule has 0 unspecified atom stereocenters. The van der Waals surface area contributed by atoms with Crippen molar-refractivity contribution in [2.45, 2.75) is 34.1 Å². The second-order valence-corrected chi connectivity index (χ2v) is 13.1. The first-order chi connectivity index (χ1) is 12.4. The summed E-state index contributed by atoms with van der Waals surface area (Å²) in [5.41, 5.74) is -1.37. The number of hydrogen-bond acceptors (Lipinski definition) is 6. The molecule has 0 fully saturated rings. The minimum atomic E-state index is -3.65. The van der Waals surface area contributed by atoms with E-state index in [1.54, 1.807) is 45.9 Å². The van der Waals surface area contributed by atoms with Crippen LogP contribution in [0.25, 0.3) is 0 Å². The number of allylic oxidation sites excluding steroid dienone is 3. The monoisotopic (exact) mass is 440 g/mol. The van der Waals surface area contributed by atoms with E-state index in [4.69, 9.17) is 0 Å². The number of hydrogen-bond donors (Lipinski definition) is 0. The van der Waals surface area contributed by atoms with Gasteiger partial charge in [0.1, 0.15) is 0 Å². The third-order valence-corrected chi connectivity index (χ3v) is 9.34. The highest BCUT2D eigenvalue weighted by Gasteiger charge is 2.41. The van der Waals surface area contributed by atoms with Crippen LogP contribution >= 0.6 is 0 Å². The first kappa shape index (κ1) is 26.1. The fraction of sp³-hybridized carbons (Fsp3) is 0.667. The summed E-state index contributed by atoms with van der Waals surface area (Å²) in [5.74, 6) is -2.17. The minimum absolute atomic E-state index is 0.131. The van der Waals surface area contributed by atoms with E-state index in [0.29, 0.717) is 0 Å². The molecular weight excluding hydrogens is 408 g/mol. The predicted octanol–water partition coefficient (Wildman–Crippen LogP) is 2.36. The molecule has 0 atom stereocenters. The van der Waals surface area contributed by atoms with Crippen LogP contribution < -0.4 is 0 Å². The lowest BCUT2D eigenvalue weighted by Gasteiger charge is -2.31. The molecule has 0 aliphatic carbocycles. The van der Waals surface area contributed by atoms with Gasteiger partial charge in [-0.15, -0.1) is 0 Å². The maximum atomic E-state index is 12.5. The molecule has 0 N–H and O–H groups in total. The average molecular weight is 441 g/mol. The zero-order valence-corrected chi connectivity index (χ0v) is 19.0. The van der Waals surface area contributed by atoms with Gasteiger partial charge in [0.2, 0.25) is 0 Å². The van der Waals surface area contributed by atoms with Crippen molar-refractivity contribution in [2.75, 3.05) is 34.5 Å². The summed E-state index contributed by atoms with van der Waals surface area (Å²) < 4.78 is 75.0. The van der Waals surface area contributed by atoms with Gasteiger partial charge < -0.3 is 0 Å². The number of sulfone groups is 3. The van der Waals surface area contributed by atoms with Crippen molar-refractivity contribution >= 4 is 29.5 Å². The zero-order chi connectivity index (χ0) is 21.2. The highest BCUT2D eigenvalue weighted by molar-refractivity contribution is 7.93. The summed E-state index contributed by atoms with van der Waals surface area (Å²) in [5, 5.41) is 0. The third-order valence-electron chi connectivity index (χ3n) is 4.09. The predicted molar refractivity (Wildman–Crippen MR) is 113 cm³/mol. The lowest BCUT2D eigenvalue weighted by molar-refractivity contribution is 0.396. The molecule has 0 aliphatic rings. The van der Waals surface area contributed by atoms with Gasteiger partial charge in [0.05, 0.1) is 34.5 Å². The van der Waals surface area contributed by atoms with Crippen LogP contribution in [0.4, 0.5) is 0 Å². The standard InChI is InChI=1S/C18H32O6S3/c1-5-9-12-25(19,20)15-18(8-4,16-26(21,22)13-10-6-2)17-27(23,24)14-11-7-3/h5-7,9-11H,8,12-17H2,1-4H3. The molecule has 6 nitrogen and oxygen atoms in total. The molecule has 0 heterocycles. The minimum Gasteiger partial charge on any atom is -0.228 e. The second-order valence-electron chi connectivity index (χ2n) is 6.72. The van der Waals surface area contributed by atoms with Gasteiger partial charge in [-0.05, 0) is 27.2 Å². The van der Waals surface area contributed by atoms with Gasteiger partial charge in [-0.3, -0.25) is 0 Å². The molecule has 158 valence electrons. The lowest BCUT2D eigenvalue weighted by Crippen LogP contribution is -2.43. The van der Waals surface area contributed by atoms with E-state index < -0.39 is 52.2 Å². The summed E-state index contributed by atoms with van der Waals surface area (Å²) in [6.45, 7) is 6.70. The maximum Gasteiger partial charge on any atom is 0.154 e. The first-order valence-electron chi connectivity index (χ1n) is 8.81. The van der Waals surface area contributed by atoms with E-state index >= 15 is 0 Å². The smallest absolute Gasteiger partial charge is 0.154 e. The van der Waals surface area contributed by atoms with Gasteiger partial charge in [-0.1, -0.05) is 43.4 Å². The molecule has 0 radical (unpaired) electrons. The molecule has 0 aromatic heterocycles. The van der Waals surface area contributed by atoms with Crippen molar-refractivity contribution in [3.05, 3.63) is 36.5 Å². The van der Waals surface area contributed by atoms with Crippen LogP contribution in [-0.2, 0) is 29.5 Å². The van der Waals surface area contributed by atoms with E-state index in [2.05, 4.69) is 0 Å². The van der Waals surface area contributed by atoms with Crippen LogP contribution in [0.5, 0.6) is 0 Å². The van der Waals surface area contributed by atoms with Gasteiger partial charge in [-0.2, -0.15) is 0 Å². The summed E-state index contributed by atoms with van der Waals surface area (Å²) in [6, 6.07) is 0. The topological polar surface area (TPSA) is 102 Å².